The van der Waals surface area contributed by atoms with E-state index in [0.29, 0.717) is 11.8 Å². The van der Waals surface area contributed by atoms with Gasteiger partial charge in [0.2, 0.25) is 0 Å². The Morgan fingerprint density at radius 2 is 1.80 bits per heavy atom. The van der Waals surface area contributed by atoms with Crippen molar-refractivity contribution in [2.45, 2.75) is 38.5 Å². The molecule has 3 rings (SSSR count). The zero-order valence-electron chi connectivity index (χ0n) is 11.9. The first-order valence-corrected chi connectivity index (χ1v) is 7.87. The lowest BCUT2D eigenvalue weighted by Gasteiger charge is -2.21. The largest absolute Gasteiger partial charge is 0.455 e. The Bertz CT molecular complexity index is 410. The van der Waals surface area contributed by atoms with Crippen LogP contribution < -0.4 is 0 Å². The van der Waals surface area contributed by atoms with Gasteiger partial charge >= 0.3 is 5.97 Å². The van der Waals surface area contributed by atoms with Crippen molar-refractivity contribution >= 4 is 11.9 Å². The lowest BCUT2D eigenvalue weighted by Crippen LogP contribution is -2.36. The molecule has 1 amide bonds. The Hall–Kier alpha value is -1.32. The predicted molar refractivity (Wildman–Crippen MR) is 74.9 cm³/mol. The first-order valence-electron chi connectivity index (χ1n) is 7.87. The van der Waals surface area contributed by atoms with E-state index in [4.69, 9.17) is 4.74 Å². The molecule has 1 aliphatic heterocycles. The highest BCUT2D eigenvalue weighted by molar-refractivity contribution is 5.81. The number of allylic oxidation sites excluding steroid dienone is 2. The van der Waals surface area contributed by atoms with Crippen LogP contribution in [0.5, 0.6) is 0 Å². The quantitative estimate of drug-likeness (QED) is 0.586. The summed E-state index contributed by atoms with van der Waals surface area (Å²) in [5.41, 5.74) is 0. The summed E-state index contributed by atoms with van der Waals surface area (Å²) in [6.07, 6.45) is 10.8. The molecule has 0 spiro atoms. The van der Waals surface area contributed by atoms with Gasteiger partial charge in [-0.15, -0.1) is 0 Å². The van der Waals surface area contributed by atoms with Crippen LogP contribution in [0.25, 0.3) is 0 Å². The van der Waals surface area contributed by atoms with Crippen molar-refractivity contribution in [3.05, 3.63) is 12.2 Å². The maximum atomic E-state index is 12.1. The predicted octanol–water partition coefficient (Wildman–Crippen LogP) is 2.14. The highest BCUT2D eigenvalue weighted by Crippen LogP contribution is 2.43. The van der Waals surface area contributed by atoms with Crippen molar-refractivity contribution in [3.63, 3.8) is 0 Å². The third-order valence-electron chi connectivity index (χ3n) is 4.88. The van der Waals surface area contributed by atoms with Crippen molar-refractivity contribution in [3.8, 4) is 0 Å². The number of carbonyl (C=O) groups is 2. The van der Waals surface area contributed by atoms with Crippen LogP contribution in [0.2, 0.25) is 0 Å². The molecule has 1 saturated carbocycles. The van der Waals surface area contributed by atoms with Crippen LogP contribution >= 0.6 is 0 Å². The highest BCUT2D eigenvalue weighted by Gasteiger charge is 2.40. The van der Waals surface area contributed by atoms with E-state index >= 15 is 0 Å². The van der Waals surface area contributed by atoms with Crippen LogP contribution in [-0.4, -0.2) is 36.5 Å². The molecule has 3 unspecified atom stereocenters. The molecule has 1 saturated heterocycles. The Morgan fingerprint density at radius 1 is 1.05 bits per heavy atom. The minimum atomic E-state index is -0.176. The molecule has 2 fully saturated rings. The lowest BCUT2D eigenvalue weighted by molar-refractivity contribution is -0.156. The van der Waals surface area contributed by atoms with Crippen molar-refractivity contribution < 1.29 is 14.3 Å². The Balaban J connectivity index is 1.45. The van der Waals surface area contributed by atoms with Gasteiger partial charge in [-0.2, -0.15) is 0 Å². The molecule has 0 N–H and O–H groups in total. The maximum absolute atomic E-state index is 12.1. The fourth-order valence-electron chi connectivity index (χ4n) is 3.70. The topological polar surface area (TPSA) is 46.6 Å². The smallest absolute Gasteiger partial charge is 0.310 e. The fourth-order valence-corrected chi connectivity index (χ4v) is 3.70. The molecule has 0 aromatic heterocycles. The normalized spacial score (nSPS) is 32.2. The van der Waals surface area contributed by atoms with E-state index in [1.165, 1.54) is 12.8 Å². The van der Waals surface area contributed by atoms with Crippen LogP contribution in [0.1, 0.15) is 38.5 Å². The van der Waals surface area contributed by atoms with Gasteiger partial charge in [-0.1, -0.05) is 25.0 Å². The molecule has 0 aromatic carbocycles. The van der Waals surface area contributed by atoms with Crippen molar-refractivity contribution in [2.75, 3.05) is 19.7 Å². The number of esters is 1. The monoisotopic (exact) mass is 277 g/mol. The molecule has 4 heteroatoms. The number of likely N-dealkylation sites (tertiary alicyclic amines) is 1. The molecule has 20 heavy (non-hydrogen) atoms. The summed E-state index contributed by atoms with van der Waals surface area (Å²) in [5.74, 6) is 0.686. The number of rotatable bonds is 3. The number of hydrogen-bond donors (Lipinski definition) is 0. The van der Waals surface area contributed by atoms with Crippen molar-refractivity contribution in [2.24, 2.45) is 17.8 Å². The van der Waals surface area contributed by atoms with Crippen molar-refractivity contribution in [1.29, 1.82) is 0 Å². The van der Waals surface area contributed by atoms with Crippen LogP contribution in [0.3, 0.4) is 0 Å². The minimum Gasteiger partial charge on any atom is -0.455 e. The summed E-state index contributed by atoms with van der Waals surface area (Å²) < 4.78 is 5.27. The molecular weight excluding hydrogens is 254 g/mol. The second-order valence-corrected chi connectivity index (χ2v) is 6.29. The van der Waals surface area contributed by atoms with E-state index in [9.17, 15) is 9.59 Å². The standard InChI is InChI=1S/C16H23NO3/c18-15(17-7-3-1-2-4-8-17)11-20-16(19)14-10-12-5-6-13(14)9-12/h5-6,12-14H,1-4,7-11H2. The molecule has 0 aromatic rings. The van der Waals surface area contributed by atoms with Crippen molar-refractivity contribution in [1.82, 2.24) is 4.90 Å². The SMILES string of the molecule is O=C(OCC(=O)N1CCCCCC1)C1CC2C=CC1C2. The van der Waals surface area contributed by atoms with E-state index in [0.717, 1.165) is 38.8 Å². The Labute approximate surface area is 120 Å². The number of fused-ring (bicyclic) bond motifs is 2. The number of nitrogens with zero attached hydrogens (tertiary/aromatic N) is 1. The molecule has 2 aliphatic carbocycles. The maximum Gasteiger partial charge on any atom is 0.310 e. The number of amides is 1. The summed E-state index contributed by atoms with van der Waals surface area (Å²) in [5, 5.41) is 0. The van der Waals surface area contributed by atoms with E-state index < -0.39 is 0 Å². The second-order valence-electron chi connectivity index (χ2n) is 6.29. The van der Waals surface area contributed by atoms with Gasteiger partial charge in [0.1, 0.15) is 0 Å². The van der Waals surface area contributed by atoms with E-state index in [-0.39, 0.29) is 24.4 Å². The minimum absolute atomic E-state index is 0.0121. The van der Waals surface area contributed by atoms with Crippen LogP contribution in [0, 0.1) is 17.8 Å². The van der Waals surface area contributed by atoms with Gasteiger partial charge in [0.25, 0.3) is 5.91 Å². The molecular formula is C16H23NO3. The van der Waals surface area contributed by atoms with Crippen LogP contribution in [0.4, 0.5) is 0 Å². The number of carbonyl (C=O) groups excluding carboxylic acids is 2. The zero-order chi connectivity index (χ0) is 13.9. The summed E-state index contributed by atoms with van der Waals surface area (Å²) >= 11 is 0. The van der Waals surface area contributed by atoms with Gasteiger partial charge in [0.15, 0.2) is 6.61 Å². The van der Waals surface area contributed by atoms with Gasteiger partial charge in [-0.25, -0.2) is 0 Å². The zero-order valence-corrected chi connectivity index (χ0v) is 11.9. The number of ether oxygens (including phenoxy) is 1. The van der Waals surface area contributed by atoms with Gasteiger partial charge in [-0.3, -0.25) is 9.59 Å². The first-order chi connectivity index (χ1) is 9.74. The Kier molecular flexibility index (Phi) is 4.08. The van der Waals surface area contributed by atoms with Gasteiger partial charge in [-0.05, 0) is 37.5 Å². The average molecular weight is 277 g/mol. The van der Waals surface area contributed by atoms with Gasteiger partial charge < -0.3 is 9.64 Å². The molecule has 4 nitrogen and oxygen atoms in total. The van der Waals surface area contributed by atoms with Crippen LogP contribution in [-0.2, 0) is 14.3 Å². The van der Waals surface area contributed by atoms with Crippen LogP contribution in [0.15, 0.2) is 12.2 Å². The molecule has 2 bridgehead atoms. The third-order valence-corrected chi connectivity index (χ3v) is 4.88. The summed E-state index contributed by atoms with van der Waals surface area (Å²) in [6.45, 7) is 1.55. The Morgan fingerprint density at radius 3 is 2.40 bits per heavy atom. The average Bonchev–Trinajstić information content (AvgIpc) is 2.98. The molecule has 3 aliphatic rings. The summed E-state index contributed by atoms with van der Waals surface area (Å²) in [7, 11) is 0. The fraction of sp³-hybridized carbons (Fsp3) is 0.750. The van der Waals surface area contributed by atoms with Gasteiger partial charge in [0, 0.05) is 13.1 Å². The number of hydrogen-bond acceptors (Lipinski definition) is 3. The lowest BCUT2D eigenvalue weighted by atomic mass is 9.94. The molecule has 110 valence electrons. The van der Waals surface area contributed by atoms with E-state index in [1.54, 1.807) is 0 Å². The van der Waals surface area contributed by atoms with E-state index in [1.807, 2.05) is 4.90 Å². The van der Waals surface area contributed by atoms with E-state index in [2.05, 4.69) is 12.2 Å². The van der Waals surface area contributed by atoms with Gasteiger partial charge in [0.05, 0.1) is 5.92 Å². The molecule has 1 heterocycles. The second kappa shape index (κ2) is 5.98. The third kappa shape index (κ3) is 2.89. The molecule has 3 atom stereocenters. The summed E-state index contributed by atoms with van der Waals surface area (Å²) in [4.78, 5) is 26.0. The first kappa shape index (κ1) is 13.7. The highest BCUT2D eigenvalue weighted by atomic mass is 16.5. The summed E-state index contributed by atoms with van der Waals surface area (Å²) in [6, 6.07) is 0. The molecule has 0 radical (unpaired) electrons.